The van der Waals surface area contributed by atoms with Crippen molar-refractivity contribution in [1.82, 2.24) is 0 Å². The minimum absolute atomic E-state index is 0.0268. The van der Waals surface area contributed by atoms with E-state index >= 15 is 0 Å². The van der Waals surface area contributed by atoms with Crippen LogP contribution in [0.25, 0.3) is 0 Å². The second kappa shape index (κ2) is 25.7. The van der Waals surface area contributed by atoms with Crippen LogP contribution in [0.5, 0.6) is 0 Å². The molecule has 1 unspecified atom stereocenters. The van der Waals surface area contributed by atoms with Gasteiger partial charge in [0, 0.05) is 0 Å². The summed E-state index contributed by atoms with van der Waals surface area (Å²) in [6.45, 7) is 4.56. The van der Waals surface area contributed by atoms with E-state index in [1.54, 1.807) is 7.11 Å². The van der Waals surface area contributed by atoms with Crippen molar-refractivity contribution in [3.63, 3.8) is 0 Å². The highest BCUT2D eigenvalue weighted by Crippen LogP contribution is 2.21. The Morgan fingerprint density at radius 1 is 0.484 bits per heavy atom. The molecule has 2 nitrogen and oxygen atoms in total. The summed E-state index contributed by atoms with van der Waals surface area (Å²) in [6, 6.07) is 0. The van der Waals surface area contributed by atoms with Crippen LogP contribution in [0.3, 0.4) is 0 Å². The smallest absolute Gasteiger partial charge is 0.308 e. The summed E-state index contributed by atoms with van der Waals surface area (Å²) in [7, 11) is 1.55. The summed E-state index contributed by atoms with van der Waals surface area (Å²) in [4.78, 5) is 12.1. The molecule has 186 valence electrons. The van der Waals surface area contributed by atoms with Crippen LogP contribution in [0.2, 0.25) is 0 Å². The summed E-state index contributed by atoms with van der Waals surface area (Å²) >= 11 is 0. The number of ether oxygens (including phenoxy) is 1. The van der Waals surface area contributed by atoms with Crippen LogP contribution < -0.4 is 0 Å². The van der Waals surface area contributed by atoms with E-state index in [0.29, 0.717) is 0 Å². The molecular weight excluding hydrogens is 380 g/mol. The lowest BCUT2D eigenvalue weighted by Crippen LogP contribution is -2.16. The molecule has 0 spiro atoms. The van der Waals surface area contributed by atoms with Gasteiger partial charge in [-0.1, -0.05) is 155 Å². The standard InChI is InChI=1S/C29H58O2/c1-4-6-8-10-12-14-16-17-19-21-23-25-27-28(29(30)31-3)26-24-22-20-18-15-13-11-9-7-5-2/h28H,4-27H2,1-3H3. The second-order valence-corrected chi connectivity index (χ2v) is 9.87. The van der Waals surface area contributed by atoms with Crippen LogP contribution in [-0.2, 0) is 9.53 Å². The molecule has 0 aromatic rings. The molecule has 2 heteroatoms. The molecule has 0 fully saturated rings. The predicted molar refractivity (Wildman–Crippen MR) is 138 cm³/mol. The third-order valence-corrected chi connectivity index (χ3v) is 6.85. The highest BCUT2D eigenvalue weighted by atomic mass is 16.5. The average Bonchev–Trinajstić information content (AvgIpc) is 2.79. The molecule has 0 heterocycles. The van der Waals surface area contributed by atoms with E-state index in [0.717, 1.165) is 12.8 Å². The Kier molecular flexibility index (Phi) is 25.3. The summed E-state index contributed by atoms with van der Waals surface area (Å²) in [5.41, 5.74) is 0. The number of carbonyl (C=O) groups is 1. The molecule has 0 amide bonds. The molecule has 0 saturated heterocycles. The molecule has 0 radical (unpaired) electrons. The largest absolute Gasteiger partial charge is 0.469 e. The normalized spacial score (nSPS) is 12.2. The van der Waals surface area contributed by atoms with Gasteiger partial charge in [0.15, 0.2) is 0 Å². The van der Waals surface area contributed by atoms with Crippen molar-refractivity contribution < 1.29 is 9.53 Å². The average molecular weight is 439 g/mol. The van der Waals surface area contributed by atoms with Crippen LogP contribution in [0.4, 0.5) is 0 Å². The lowest BCUT2D eigenvalue weighted by Gasteiger charge is -2.14. The molecule has 0 aliphatic carbocycles. The molecule has 0 aliphatic heterocycles. The fourth-order valence-corrected chi connectivity index (χ4v) is 4.66. The second-order valence-electron chi connectivity index (χ2n) is 9.87. The number of carbonyl (C=O) groups excluding carboxylic acids is 1. The lowest BCUT2D eigenvalue weighted by atomic mass is 9.94. The maximum atomic E-state index is 12.1. The van der Waals surface area contributed by atoms with Gasteiger partial charge in [0.25, 0.3) is 0 Å². The van der Waals surface area contributed by atoms with Gasteiger partial charge >= 0.3 is 5.97 Å². The first-order valence-electron chi connectivity index (χ1n) is 14.3. The zero-order chi connectivity index (χ0) is 22.8. The van der Waals surface area contributed by atoms with Crippen molar-refractivity contribution in [2.75, 3.05) is 7.11 Å². The highest BCUT2D eigenvalue weighted by Gasteiger charge is 2.18. The summed E-state index contributed by atoms with van der Waals surface area (Å²) in [5, 5.41) is 0. The van der Waals surface area contributed by atoms with E-state index in [2.05, 4.69) is 13.8 Å². The van der Waals surface area contributed by atoms with Gasteiger partial charge in [0.2, 0.25) is 0 Å². The van der Waals surface area contributed by atoms with E-state index in [4.69, 9.17) is 4.74 Å². The van der Waals surface area contributed by atoms with Gasteiger partial charge in [0.05, 0.1) is 13.0 Å². The van der Waals surface area contributed by atoms with Gasteiger partial charge in [0.1, 0.15) is 0 Å². The Bertz CT molecular complexity index is 353. The van der Waals surface area contributed by atoms with Crippen LogP contribution in [0.15, 0.2) is 0 Å². The van der Waals surface area contributed by atoms with E-state index < -0.39 is 0 Å². The van der Waals surface area contributed by atoms with E-state index in [1.807, 2.05) is 0 Å². The fraction of sp³-hybridized carbons (Fsp3) is 0.966. The van der Waals surface area contributed by atoms with Gasteiger partial charge in [-0.2, -0.15) is 0 Å². The SMILES string of the molecule is CCCCCCCCCCCCCCC(CCCCCCCCCCCC)C(=O)OC. The molecule has 1 atom stereocenters. The fourth-order valence-electron chi connectivity index (χ4n) is 4.66. The monoisotopic (exact) mass is 438 g/mol. The molecule has 0 N–H and O–H groups in total. The maximum absolute atomic E-state index is 12.1. The lowest BCUT2D eigenvalue weighted by molar-refractivity contribution is -0.146. The molecule has 0 rings (SSSR count). The number of hydrogen-bond donors (Lipinski definition) is 0. The van der Waals surface area contributed by atoms with Crippen LogP contribution >= 0.6 is 0 Å². The van der Waals surface area contributed by atoms with Gasteiger partial charge in [-0.3, -0.25) is 4.79 Å². The van der Waals surface area contributed by atoms with E-state index in [9.17, 15) is 4.79 Å². The quantitative estimate of drug-likeness (QED) is 0.105. The van der Waals surface area contributed by atoms with Crippen LogP contribution in [-0.4, -0.2) is 13.1 Å². The summed E-state index contributed by atoms with van der Waals surface area (Å²) in [5.74, 6) is 0.168. The third kappa shape index (κ3) is 22.5. The number of esters is 1. The minimum Gasteiger partial charge on any atom is -0.469 e. The van der Waals surface area contributed by atoms with Crippen molar-refractivity contribution in [1.29, 1.82) is 0 Å². The zero-order valence-electron chi connectivity index (χ0n) is 21.9. The summed E-state index contributed by atoms with van der Waals surface area (Å²) < 4.78 is 5.07. The van der Waals surface area contributed by atoms with Crippen molar-refractivity contribution in [2.24, 2.45) is 5.92 Å². The first-order valence-corrected chi connectivity index (χ1v) is 14.3. The Balaban J connectivity index is 3.56. The molecule has 0 saturated carbocycles. The van der Waals surface area contributed by atoms with Gasteiger partial charge in [-0.05, 0) is 12.8 Å². The molecule has 31 heavy (non-hydrogen) atoms. The third-order valence-electron chi connectivity index (χ3n) is 6.85. The number of unbranched alkanes of at least 4 members (excludes halogenated alkanes) is 20. The van der Waals surface area contributed by atoms with Crippen LogP contribution in [0, 0.1) is 5.92 Å². The molecule has 0 bridgehead atoms. The number of rotatable bonds is 25. The van der Waals surface area contributed by atoms with E-state index in [1.165, 1.54) is 141 Å². The van der Waals surface area contributed by atoms with Gasteiger partial charge < -0.3 is 4.74 Å². The van der Waals surface area contributed by atoms with Gasteiger partial charge in [-0.25, -0.2) is 0 Å². The maximum Gasteiger partial charge on any atom is 0.308 e. The number of hydrogen-bond acceptors (Lipinski definition) is 2. The topological polar surface area (TPSA) is 26.3 Å². The van der Waals surface area contributed by atoms with Crippen molar-refractivity contribution in [3.8, 4) is 0 Å². The van der Waals surface area contributed by atoms with Gasteiger partial charge in [-0.15, -0.1) is 0 Å². The Morgan fingerprint density at radius 2 is 0.742 bits per heavy atom. The summed E-state index contributed by atoms with van der Waals surface area (Å²) in [6.07, 6.45) is 32.0. The molecule has 0 aliphatic rings. The van der Waals surface area contributed by atoms with Crippen molar-refractivity contribution in [2.45, 2.75) is 168 Å². The minimum atomic E-state index is 0.0268. The Labute approximate surface area is 196 Å². The van der Waals surface area contributed by atoms with Crippen molar-refractivity contribution >= 4 is 5.97 Å². The molecular formula is C29H58O2. The predicted octanol–water partition coefficient (Wildman–Crippen LogP) is 10.2. The molecule has 0 aromatic carbocycles. The highest BCUT2D eigenvalue weighted by molar-refractivity contribution is 5.72. The Hall–Kier alpha value is -0.530. The van der Waals surface area contributed by atoms with E-state index in [-0.39, 0.29) is 11.9 Å². The first-order chi connectivity index (χ1) is 15.3. The molecule has 0 aromatic heterocycles. The first kappa shape index (κ1) is 30.5. The Morgan fingerprint density at radius 3 is 1.00 bits per heavy atom. The van der Waals surface area contributed by atoms with Crippen molar-refractivity contribution in [3.05, 3.63) is 0 Å². The zero-order valence-corrected chi connectivity index (χ0v) is 21.9. The van der Waals surface area contributed by atoms with Crippen LogP contribution in [0.1, 0.15) is 168 Å². The number of methoxy groups -OCH3 is 1.